The molecule has 0 bridgehead atoms. The first-order chi connectivity index (χ1) is 7.49. The Balaban J connectivity index is 3.29. The maximum atomic E-state index is 11.3. The number of hydrogen-bond donors (Lipinski definition) is 2. The Morgan fingerprint density at radius 2 is 2.12 bits per heavy atom. The first-order valence-corrected chi connectivity index (χ1v) is 5.44. The van der Waals surface area contributed by atoms with Gasteiger partial charge in [0, 0.05) is 13.2 Å². The fourth-order valence-corrected chi connectivity index (χ4v) is 1.61. The number of phenols is 2. The third kappa shape index (κ3) is 2.56. The van der Waals surface area contributed by atoms with Gasteiger partial charge in [-0.1, -0.05) is 0 Å². The van der Waals surface area contributed by atoms with E-state index >= 15 is 0 Å². The number of Topliss-reactive ketones (excluding diaryl/α,β-unsaturated/α-hetero) is 1. The molecule has 2 N–H and O–H groups in total. The number of carbonyl (C=O) groups is 1. The molecule has 0 spiro atoms. The summed E-state index contributed by atoms with van der Waals surface area (Å²) in [7, 11) is 1.43. The maximum Gasteiger partial charge on any atom is 0.188 e. The second kappa shape index (κ2) is 5.35. The number of methoxy groups -OCH3 is 1. The van der Waals surface area contributed by atoms with Gasteiger partial charge in [0.1, 0.15) is 22.8 Å². The Labute approximate surface area is 106 Å². The molecule has 0 saturated heterocycles. The van der Waals surface area contributed by atoms with E-state index in [1.54, 1.807) is 22.6 Å². The van der Waals surface area contributed by atoms with Crippen molar-refractivity contribution >= 4 is 28.4 Å². The number of hydrogen-bond acceptors (Lipinski definition) is 5. The van der Waals surface area contributed by atoms with E-state index in [9.17, 15) is 15.0 Å². The lowest BCUT2D eigenvalue weighted by molar-refractivity contribution is 0.0499. The average Bonchev–Trinajstić information content (AvgIpc) is 2.22. The SMILES string of the molecule is COCOc1cc(O)c(I)c(O)c1C(C)=O. The Bertz CT molecular complexity index is 416. The van der Waals surface area contributed by atoms with Gasteiger partial charge in [-0.05, 0) is 29.5 Å². The molecule has 0 fully saturated rings. The zero-order valence-corrected chi connectivity index (χ0v) is 10.9. The standard InChI is InChI=1S/C10H11IO5/c1-5(12)8-7(16-4-15-2)3-6(13)9(11)10(8)14/h3,13-14H,4H2,1-2H3. The molecule has 0 saturated carbocycles. The van der Waals surface area contributed by atoms with Crippen LogP contribution in [-0.4, -0.2) is 29.9 Å². The number of halogens is 1. The second-order valence-corrected chi connectivity index (χ2v) is 4.12. The zero-order chi connectivity index (χ0) is 12.3. The van der Waals surface area contributed by atoms with Crippen LogP contribution in [0.2, 0.25) is 0 Å². The largest absolute Gasteiger partial charge is 0.507 e. The highest BCUT2D eigenvalue weighted by molar-refractivity contribution is 14.1. The minimum atomic E-state index is -0.346. The molecule has 6 heteroatoms. The maximum absolute atomic E-state index is 11.3. The van der Waals surface area contributed by atoms with Gasteiger partial charge in [-0.25, -0.2) is 0 Å². The van der Waals surface area contributed by atoms with Crippen LogP contribution in [-0.2, 0) is 4.74 Å². The number of benzene rings is 1. The molecule has 0 atom stereocenters. The Kier molecular flexibility index (Phi) is 4.36. The number of carbonyl (C=O) groups excluding carboxylic acids is 1. The molecule has 1 aromatic carbocycles. The van der Waals surface area contributed by atoms with Crippen molar-refractivity contribution in [1.82, 2.24) is 0 Å². The number of aromatic hydroxyl groups is 2. The van der Waals surface area contributed by atoms with E-state index < -0.39 is 0 Å². The van der Waals surface area contributed by atoms with Crippen molar-refractivity contribution in [2.24, 2.45) is 0 Å². The molecule has 0 aliphatic carbocycles. The van der Waals surface area contributed by atoms with E-state index in [0.717, 1.165) is 0 Å². The molecule has 88 valence electrons. The highest BCUT2D eigenvalue weighted by Gasteiger charge is 2.20. The van der Waals surface area contributed by atoms with Crippen LogP contribution in [0.1, 0.15) is 17.3 Å². The van der Waals surface area contributed by atoms with Crippen LogP contribution in [0.4, 0.5) is 0 Å². The predicted octanol–water partition coefficient (Wildman–Crippen LogP) is 1.89. The van der Waals surface area contributed by atoms with E-state index in [-0.39, 0.29) is 39.0 Å². The van der Waals surface area contributed by atoms with Crippen molar-refractivity contribution in [3.05, 3.63) is 15.2 Å². The number of rotatable bonds is 4. The Morgan fingerprint density at radius 1 is 1.50 bits per heavy atom. The van der Waals surface area contributed by atoms with Gasteiger partial charge < -0.3 is 19.7 Å². The average molecular weight is 338 g/mol. The molecule has 0 aromatic heterocycles. The van der Waals surface area contributed by atoms with Gasteiger partial charge in [-0.3, -0.25) is 4.79 Å². The number of phenolic OH excluding ortho intramolecular Hbond substituents is 2. The van der Waals surface area contributed by atoms with Gasteiger partial charge >= 0.3 is 0 Å². The van der Waals surface area contributed by atoms with Gasteiger partial charge in [-0.2, -0.15) is 0 Å². The van der Waals surface area contributed by atoms with E-state index in [0.29, 0.717) is 0 Å². The van der Waals surface area contributed by atoms with Crippen molar-refractivity contribution in [3.63, 3.8) is 0 Å². The summed E-state index contributed by atoms with van der Waals surface area (Å²) < 4.78 is 10.0. The van der Waals surface area contributed by atoms with Gasteiger partial charge in [0.15, 0.2) is 12.6 Å². The Hall–Kier alpha value is -1.02. The normalized spacial score (nSPS) is 10.2. The van der Waals surface area contributed by atoms with E-state index in [1.165, 1.54) is 20.1 Å². The molecule has 0 heterocycles. The Morgan fingerprint density at radius 3 is 2.62 bits per heavy atom. The van der Waals surface area contributed by atoms with Crippen molar-refractivity contribution in [3.8, 4) is 17.2 Å². The van der Waals surface area contributed by atoms with Crippen molar-refractivity contribution in [1.29, 1.82) is 0 Å². The highest BCUT2D eigenvalue weighted by atomic mass is 127. The molecule has 0 aliphatic heterocycles. The number of ether oxygens (including phenoxy) is 2. The van der Waals surface area contributed by atoms with Crippen LogP contribution in [0, 0.1) is 3.57 Å². The molecule has 0 aliphatic rings. The quantitative estimate of drug-likeness (QED) is 0.498. The molecule has 5 nitrogen and oxygen atoms in total. The summed E-state index contributed by atoms with van der Waals surface area (Å²) >= 11 is 1.74. The third-order valence-electron chi connectivity index (χ3n) is 1.87. The lowest BCUT2D eigenvalue weighted by atomic mass is 10.1. The van der Waals surface area contributed by atoms with Crippen LogP contribution in [0.3, 0.4) is 0 Å². The summed E-state index contributed by atoms with van der Waals surface area (Å²) in [5.41, 5.74) is 0.0410. The fourth-order valence-electron chi connectivity index (χ4n) is 1.18. The smallest absolute Gasteiger partial charge is 0.188 e. The van der Waals surface area contributed by atoms with Gasteiger partial charge in [0.25, 0.3) is 0 Å². The van der Waals surface area contributed by atoms with Crippen molar-refractivity contribution < 1.29 is 24.5 Å². The second-order valence-electron chi connectivity index (χ2n) is 3.04. The molecule has 16 heavy (non-hydrogen) atoms. The fraction of sp³-hybridized carbons (Fsp3) is 0.300. The minimum Gasteiger partial charge on any atom is -0.507 e. The molecule has 0 radical (unpaired) electrons. The molecule has 0 amide bonds. The van der Waals surface area contributed by atoms with Crippen LogP contribution >= 0.6 is 22.6 Å². The molecular weight excluding hydrogens is 327 g/mol. The minimum absolute atomic E-state index is 0.0410. The van der Waals surface area contributed by atoms with E-state index in [4.69, 9.17) is 9.47 Å². The monoisotopic (exact) mass is 338 g/mol. The van der Waals surface area contributed by atoms with Crippen LogP contribution in [0.25, 0.3) is 0 Å². The summed E-state index contributed by atoms with van der Waals surface area (Å²) in [5.74, 6) is -0.667. The molecule has 0 unspecified atom stereocenters. The number of ketones is 1. The lowest BCUT2D eigenvalue weighted by Gasteiger charge is -2.12. The first-order valence-electron chi connectivity index (χ1n) is 4.36. The van der Waals surface area contributed by atoms with Crippen molar-refractivity contribution in [2.75, 3.05) is 13.9 Å². The summed E-state index contributed by atoms with van der Waals surface area (Å²) in [5, 5.41) is 19.2. The van der Waals surface area contributed by atoms with Gasteiger partial charge in [-0.15, -0.1) is 0 Å². The molecule has 1 aromatic rings. The predicted molar refractivity (Wildman–Crippen MR) is 65.0 cm³/mol. The van der Waals surface area contributed by atoms with Crippen molar-refractivity contribution in [2.45, 2.75) is 6.92 Å². The van der Waals surface area contributed by atoms with Crippen LogP contribution in [0.15, 0.2) is 6.07 Å². The lowest BCUT2D eigenvalue weighted by Crippen LogP contribution is -2.05. The molecule has 1 rings (SSSR count). The first kappa shape index (κ1) is 13.0. The molecular formula is C10H11IO5. The summed E-state index contributed by atoms with van der Waals surface area (Å²) in [6.07, 6.45) is 0. The topological polar surface area (TPSA) is 76.0 Å². The van der Waals surface area contributed by atoms with Crippen LogP contribution < -0.4 is 4.74 Å². The van der Waals surface area contributed by atoms with Crippen LogP contribution in [0.5, 0.6) is 17.2 Å². The van der Waals surface area contributed by atoms with Gasteiger partial charge in [0.2, 0.25) is 0 Å². The summed E-state index contributed by atoms with van der Waals surface area (Å²) in [6, 6.07) is 1.28. The van der Waals surface area contributed by atoms with Gasteiger partial charge in [0.05, 0.1) is 3.57 Å². The van der Waals surface area contributed by atoms with E-state index in [2.05, 4.69) is 0 Å². The van der Waals surface area contributed by atoms with E-state index in [1.807, 2.05) is 0 Å². The summed E-state index contributed by atoms with van der Waals surface area (Å²) in [6.45, 7) is 1.24. The highest BCUT2D eigenvalue weighted by Crippen LogP contribution is 2.38. The third-order valence-corrected chi connectivity index (χ3v) is 2.93. The summed E-state index contributed by atoms with van der Waals surface area (Å²) in [4.78, 5) is 11.3. The zero-order valence-electron chi connectivity index (χ0n) is 8.78.